The fraction of sp³-hybridized carbons (Fsp3) is 0.0833. The Hall–Kier alpha value is -3.28. The molecule has 0 spiro atoms. The second kappa shape index (κ2) is 5.73. The Bertz CT molecular complexity index is 1100. The van der Waals surface area contributed by atoms with Gasteiger partial charge in [0.05, 0.1) is 18.1 Å². The van der Waals surface area contributed by atoms with Gasteiger partial charge in [0.2, 0.25) is 5.95 Å². The van der Waals surface area contributed by atoms with Crippen LogP contribution >= 0.6 is 0 Å². The van der Waals surface area contributed by atoms with Crippen LogP contribution in [0.1, 0.15) is 5.69 Å². The molecule has 0 aliphatic carbocycles. The SMILES string of the molecule is Cc1[nH]c(=O)[nH]c(=O)c1S(=O)(=O)Nc1cnn(-c2ncccn2)c1. The number of H-pyrrole nitrogens is 2. The highest BCUT2D eigenvalue weighted by molar-refractivity contribution is 7.92. The third-order valence-electron chi connectivity index (χ3n) is 2.94. The van der Waals surface area contributed by atoms with Crippen LogP contribution < -0.4 is 16.0 Å². The van der Waals surface area contributed by atoms with E-state index in [9.17, 15) is 18.0 Å². The lowest BCUT2D eigenvalue weighted by atomic mass is 10.4. The molecule has 12 heteroatoms. The molecule has 11 nitrogen and oxygen atoms in total. The molecule has 3 aromatic rings. The van der Waals surface area contributed by atoms with Gasteiger partial charge in [0.1, 0.15) is 0 Å². The van der Waals surface area contributed by atoms with Gasteiger partial charge in [-0.25, -0.2) is 27.9 Å². The Balaban J connectivity index is 1.96. The Morgan fingerprint density at radius 3 is 2.54 bits per heavy atom. The summed E-state index contributed by atoms with van der Waals surface area (Å²) < 4.78 is 28.2. The molecule has 0 saturated heterocycles. The molecule has 24 heavy (non-hydrogen) atoms. The Morgan fingerprint density at radius 1 is 1.17 bits per heavy atom. The van der Waals surface area contributed by atoms with E-state index >= 15 is 0 Å². The largest absolute Gasteiger partial charge is 0.325 e. The van der Waals surface area contributed by atoms with Gasteiger partial charge in [-0.3, -0.25) is 14.5 Å². The second-order valence-electron chi connectivity index (χ2n) is 4.69. The van der Waals surface area contributed by atoms with Crippen LogP contribution in [0.25, 0.3) is 5.95 Å². The van der Waals surface area contributed by atoms with Gasteiger partial charge < -0.3 is 4.98 Å². The summed E-state index contributed by atoms with van der Waals surface area (Å²) in [5, 5.41) is 3.94. The third kappa shape index (κ3) is 2.94. The number of hydrogen-bond acceptors (Lipinski definition) is 7. The van der Waals surface area contributed by atoms with E-state index in [1.165, 1.54) is 36.4 Å². The van der Waals surface area contributed by atoms with Gasteiger partial charge in [-0.15, -0.1) is 0 Å². The van der Waals surface area contributed by atoms with Crippen molar-refractivity contribution in [3.05, 3.63) is 57.4 Å². The molecule has 0 unspecified atom stereocenters. The molecule has 0 aromatic carbocycles. The summed E-state index contributed by atoms with van der Waals surface area (Å²) in [6.07, 6.45) is 5.61. The first kappa shape index (κ1) is 15.6. The maximum absolute atomic E-state index is 12.4. The zero-order chi connectivity index (χ0) is 17.3. The summed E-state index contributed by atoms with van der Waals surface area (Å²) in [6, 6.07) is 1.63. The van der Waals surface area contributed by atoms with Gasteiger partial charge >= 0.3 is 5.69 Å². The summed E-state index contributed by atoms with van der Waals surface area (Å²) in [5.41, 5.74) is -1.77. The summed E-state index contributed by atoms with van der Waals surface area (Å²) in [5.74, 6) is 0.251. The Kier molecular flexibility index (Phi) is 3.73. The summed E-state index contributed by atoms with van der Waals surface area (Å²) in [6.45, 7) is 1.31. The van der Waals surface area contributed by atoms with E-state index in [2.05, 4.69) is 24.8 Å². The third-order valence-corrected chi connectivity index (χ3v) is 4.47. The molecular weight excluding hydrogens is 338 g/mol. The van der Waals surface area contributed by atoms with Crippen molar-refractivity contribution in [1.29, 1.82) is 0 Å². The van der Waals surface area contributed by atoms with Gasteiger partial charge in [0, 0.05) is 18.1 Å². The molecule has 0 bridgehead atoms. The van der Waals surface area contributed by atoms with Gasteiger partial charge in [-0.2, -0.15) is 5.10 Å². The molecule has 3 N–H and O–H groups in total. The van der Waals surface area contributed by atoms with E-state index in [1.54, 1.807) is 6.07 Å². The van der Waals surface area contributed by atoms with Crippen molar-refractivity contribution in [2.24, 2.45) is 0 Å². The van der Waals surface area contributed by atoms with Gasteiger partial charge in [0.25, 0.3) is 15.6 Å². The Morgan fingerprint density at radius 2 is 1.88 bits per heavy atom. The van der Waals surface area contributed by atoms with Crippen molar-refractivity contribution in [2.75, 3.05) is 4.72 Å². The number of hydrogen-bond donors (Lipinski definition) is 3. The average molecular weight is 349 g/mol. The summed E-state index contributed by atoms with van der Waals surface area (Å²) in [7, 11) is -4.22. The number of nitrogens with zero attached hydrogens (tertiary/aromatic N) is 4. The van der Waals surface area contributed by atoms with E-state index in [4.69, 9.17) is 0 Å². The van der Waals surface area contributed by atoms with Crippen LogP contribution in [0.3, 0.4) is 0 Å². The molecule has 3 rings (SSSR count). The minimum atomic E-state index is -4.22. The average Bonchev–Trinajstić information content (AvgIpc) is 2.94. The molecular formula is C12H11N7O4S. The smallest absolute Gasteiger partial charge is 0.310 e. The van der Waals surface area contributed by atoms with Crippen LogP contribution in [0.5, 0.6) is 0 Å². The molecule has 0 aliphatic rings. The number of aromatic amines is 2. The maximum atomic E-state index is 12.4. The van der Waals surface area contributed by atoms with E-state index in [1.807, 2.05) is 4.98 Å². The lowest BCUT2D eigenvalue weighted by molar-refractivity contribution is 0.598. The molecule has 0 atom stereocenters. The maximum Gasteiger partial charge on any atom is 0.325 e. The monoisotopic (exact) mass is 349 g/mol. The predicted molar refractivity (Wildman–Crippen MR) is 82.4 cm³/mol. The van der Waals surface area contributed by atoms with Crippen LogP contribution in [0.4, 0.5) is 5.69 Å². The van der Waals surface area contributed by atoms with Crippen LogP contribution in [0.15, 0.2) is 45.3 Å². The molecule has 0 saturated carbocycles. The van der Waals surface area contributed by atoms with Crippen molar-refractivity contribution in [3.8, 4) is 5.95 Å². The first-order valence-corrected chi connectivity index (χ1v) is 8.03. The lowest BCUT2D eigenvalue weighted by Gasteiger charge is -2.06. The van der Waals surface area contributed by atoms with E-state index in [0.29, 0.717) is 0 Å². The van der Waals surface area contributed by atoms with Gasteiger partial charge in [0.15, 0.2) is 4.90 Å². The molecule has 0 amide bonds. The quantitative estimate of drug-likeness (QED) is 0.554. The topological polar surface area (TPSA) is 155 Å². The van der Waals surface area contributed by atoms with Crippen LogP contribution in [-0.2, 0) is 10.0 Å². The van der Waals surface area contributed by atoms with Crippen LogP contribution in [-0.4, -0.2) is 38.1 Å². The zero-order valence-corrected chi connectivity index (χ0v) is 13.0. The number of sulfonamides is 1. The molecule has 3 heterocycles. The summed E-state index contributed by atoms with van der Waals surface area (Å²) >= 11 is 0. The molecule has 0 fully saturated rings. The van der Waals surface area contributed by atoms with Crippen molar-refractivity contribution >= 4 is 15.7 Å². The number of rotatable bonds is 4. The normalized spacial score (nSPS) is 11.4. The first-order valence-electron chi connectivity index (χ1n) is 6.55. The van der Waals surface area contributed by atoms with Crippen LogP contribution in [0, 0.1) is 6.92 Å². The van der Waals surface area contributed by atoms with E-state index in [-0.39, 0.29) is 17.3 Å². The zero-order valence-electron chi connectivity index (χ0n) is 12.2. The minimum Gasteiger partial charge on any atom is -0.310 e. The summed E-state index contributed by atoms with van der Waals surface area (Å²) in [4.78, 5) is 34.4. The number of aromatic nitrogens is 6. The van der Waals surface area contributed by atoms with Crippen molar-refractivity contribution in [2.45, 2.75) is 11.8 Å². The lowest BCUT2D eigenvalue weighted by Crippen LogP contribution is -2.31. The molecule has 0 radical (unpaired) electrons. The number of aryl methyl sites for hydroxylation is 1. The highest BCUT2D eigenvalue weighted by Gasteiger charge is 2.23. The molecule has 0 aliphatic heterocycles. The number of nitrogens with one attached hydrogen (secondary N) is 3. The van der Waals surface area contributed by atoms with Crippen LogP contribution in [0.2, 0.25) is 0 Å². The van der Waals surface area contributed by atoms with Crippen molar-refractivity contribution in [1.82, 2.24) is 29.7 Å². The predicted octanol–water partition coefficient (Wildman–Crippen LogP) is -0.852. The van der Waals surface area contributed by atoms with Gasteiger partial charge in [-0.1, -0.05) is 0 Å². The van der Waals surface area contributed by atoms with Crippen molar-refractivity contribution < 1.29 is 8.42 Å². The highest BCUT2D eigenvalue weighted by atomic mass is 32.2. The second-order valence-corrected chi connectivity index (χ2v) is 6.31. The first-order chi connectivity index (χ1) is 11.4. The van der Waals surface area contributed by atoms with E-state index in [0.717, 1.165) is 0 Å². The fourth-order valence-corrected chi connectivity index (χ4v) is 3.28. The van der Waals surface area contributed by atoms with Gasteiger partial charge in [-0.05, 0) is 13.0 Å². The van der Waals surface area contributed by atoms with Crippen molar-refractivity contribution in [3.63, 3.8) is 0 Å². The number of anilines is 1. The fourth-order valence-electron chi connectivity index (χ4n) is 2.01. The Labute approximate surface area is 134 Å². The molecule has 3 aromatic heterocycles. The highest BCUT2D eigenvalue weighted by Crippen LogP contribution is 2.14. The molecule has 124 valence electrons. The minimum absolute atomic E-state index is 0.0740. The van der Waals surface area contributed by atoms with E-state index < -0.39 is 26.2 Å². The standard InChI is InChI=1S/C12H11N7O4S/c1-7-9(10(20)17-12(21)16-7)24(22,23)18-8-5-15-19(6-8)11-13-3-2-4-14-11/h2-6,18H,1H3,(H2,16,17,20,21).